The van der Waals surface area contributed by atoms with Gasteiger partial charge >= 0.3 is 7.82 Å². The predicted molar refractivity (Wildman–Crippen MR) is 84.0 cm³/mol. The fourth-order valence-electron chi connectivity index (χ4n) is 0.783. The van der Waals surface area contributed by atoms with Gasteiger partial charge in [-0.25, -0.2) is 4.57 Å². The largest absolute Gasteiger partial charge is 0.472 e. The van der Waals surface area contributed by atoms with Crippen molar-refractivity contribution in [1.29, 1.82) is 0 Å². The van der Waals surface area contributed by atoms with Crippen molar-refractivity contribution in [3.63, 3.8) is 0 Å². The summed E-state index contributed by atoms with van der Waals surface area (Å²) in [6.07, 6.45) is 1.28. The van der Waals surface area contributed by atoms with E-state index in [1.807, 2.05) is 0 Å². The summed E-state index contributed by atoms with van der Waals surface area (Å²) in [5, 5.41) is 1.53. The minimum absolute atomic E-state index is 0.186. The standard InChI is InChI=1S/C8H15Br4O4P/c9-5-7(11)1-3-15-17(13,14)16-4-2-8(12)6-10/h7-8H,1-6H2,(H,13,14). The van der Waals surface area contributed by atoms with Crippen molar-refractivity contribution in [2.45, 2.75) is 22.5 Å². The number of halogens is 4. The second-order valence-electron chi connectivity index (χ2n) is 3.22. The highest BCUT2D eigenvalue weighted by molar-refractivity contribution is 9.12. The topological polar surface area (TPSA) is 55.8 Å². The van der Waals surface area contributed by atoms with Crippen molar-refractivity contribution in [2.24, 2.45) is 0 Å². The molecule has 0 aliphatic rings. The lowest BCUT2D eigenvalue weighted by molar-refractivity contribution is 0.148. The van der Waals surface area contributed by atoms with Crippen LogP contribution in [0.1, 0.15) is 12.8 Å². The summed E-state index contributed by atoms with van der Waals surface area (Å²) in [6.45, 7) is 0.372. The first kappa shape index (κ1) is 19.0. The lowest BCUT2D eigenvalue weighted by Crippen LogP contribution is -2.07. The highest BCUT2D eigenvalue weighted by Crippen LogP contribution is 2.43. The molecule has 9 heteroatoms. The highest BCUT2D eigenvalue weighted by atomic mass is 79.9. The molecular formula is C8H15Br4O4P. The summed E-state index contributed by atoms with van der Waals surface area (Å²) in [5.74, 6) is 0. The minimum atomic E-state index is -3.90. The first-order valence-corrected chi connectivity index (χ1v) is 10.5. The minimum Gasteiger partial charge on any atom is -0.302 e. The van der Waals surface area contributed by atoms with E-state index >= 15 is 0 Å². The van der Waals surface area contributed by atoms with Gasteiger partial charge in [0.15, 0.2) is 0 Å². The maximum atomic E-state index is 11.4. The monoisotopic (exact) mass is 522 g/mol. The molecule has 0 aliphatic carbocycles. The van der Waals surface area contributed by atoms with Crippen LogP contribution in [0.2, 0.25) is 0 Å². The van der Waals surface area contributed by atoms with E-state index in [4.69, 9.17) is 9.05 Å². The Kier molecular flexibility index (Phi) is 12.1. The quantitative estimate of drug-likeness (QED) is 0.343. The molecule has 0 aliphatic heterocycles. The molecule has 0 aromatic rings. The maximum Gasteiger partial charge on any atom is 0.472 e. The number of alkyl halides is 4. The van der Waals surface area contributed by atoms with Gasteiger partial charge in [0.25, 0.3) is 0 Å². The van der Waals surface area contributed by atoms with Crippen LogP contribution in [0.4, 0.5) is 0 Å². The Morgan fingerprint density at radius 1 is 1.00 bits per heavy atom. The second-order valence-corrected chi connectivity index (χ2v) is 8.55. The van der Waals surface area contributed by atoms with Crippen LogP contribution in [0.15, 0.2) is 0 Å². The van der Waals surface area contributed by atoms with Crippen LogP contribution >= 0.6 is 71.5 Å². The zero-order valence-electron chi connectivity index (χ0n) is 9.03. The Balaban J connectivity index is 3.69. The average Bonchev–Trinajstić information content (AvgIpc) is 2.27. The van der Waals surface area contributed by atoms with Crippen molar-refractivity contribution in [3.8, 4) is 0 Å². The van der Waals surface area contributed by atoms with Crippen molar-refractivity contribution in [3.05, 3.63) is 0 Å². The zero-order valence-corrected chi connectivity index (χ0v) is 16.3. The predicted octanol–water partition coefficient (Wildman–Crippen LogP) is 4.22. The van der Waals surface area contributed by atoms with Gasteiger partial charge in [0.05, 0.1) is 13.2 Å². The van der Waals surface area contributed by atoms with Crippen LogP contribution in [-0.4, -0.2) is 38.4 Å². The van der Waals surface area contributed by atoms with Gasteiger partial charge < -0.3 is 4.89 Å². The summed E-state index contributed by atoms with van der Waals surface area (Å²) in [5.41, 5.74) is 0. The molecule has 0 fully saturated rings. The molecule has 0 aromatic carbocycles. The molecule has 17 heavy (non-hydrogen) atoms. The van der Waals surface area contributed by atoms with Crippen LogP contribution in [0, 0.1) is 0 Å². The molecule has 0 spiro atoms. The van der Waals surface area contributed by atoms with E-state index in [0.29, 0.717) is 12.8 Å². The number of phosphoric ester groups is 1. The third-order valence-corrected chi connectivity index (χ3v) is 7.59. The number of hydrogen-bond acceptors (Lipinski definition) is 3. The summed E-state index contributed by atoms with van der Waals surface area (Å²) < 4.78 is 21.1. The van der Waals surface area contributed by atoms with Gasteiger partial charge in [-0.2, -0.15) is 0 Å². The van der Waals surface area contributed by atoms with Crippen LogP contribution in [0.3, 0.4) is 0 Å². The summed E-state index contributed by atoms with van der Waals surface area (Å²) >= 11 is 13.3. The lowest BCUT2D eigenvalue weighted by atomic mass is 10.4. The maximum absolute atomic E-state index is 11.4. The Labute approximate surface area is 135 Å². The van der Waals surface area contributed by atoms with Crippen LogP contribution in [0.25, 0.3) is 0 Å². The van der Waals surface area contributed by atoms with E-state index in [9.17, 15) is 9.46 Å². The first-order valence-electron chi connectivity index (χ1n) is 4.93. The van der Waals surface area contributed by atoms with Gasteiger partial charge in [-0.05, 0) is 12.8 Å². The molecule has 4 nitrogen and oxygen atoms in total. The molecule has 0 aromatic heterocycles. The third kappa shape index (κ3) is 11.5. The number of hydrogen-bond donors (Lipinski definition) is 1. The van der Waals surface area contributed by atoms with E-state index in [1.54, 1.807) is 0 Å². The zero-order chi connectivity index (χ0) is 13.3. The fraction of sp³-hybridized carbons (Fsp3) is 1.00. The molecule has 0 bridgehead atoms. The van der Waals surface area contributed by atoms with Crippen LogP contribution in [0.5, 0.6) is 0 Å². The van der Waals surface area contributed by atoms with Gasteiger partial charge in [-0.15, -0.1) is 0 Å². The number of phosphoric acid groups is 1. The molecule has 0 rings (SSSR count). The van der Waals surface area contributed by atoms with Crippen molar-refractivity contribution in [2.75, 3.05) is 23.9 Å². The van der Waals surface area contributed by atoms with E-state index in [1.165, 1.54) is 0 Å². The van der Waals surface area contributed by atoms with Gasteiger partial charge in [-0.1, -0.05) is 63.7 Å². The SMILES string of the molecule is O=P(O)(OCCC(Br)CBr)OCCC(Br)CBr. The molecule has 104 valence electrons. The molecule has 0 radical (unpaired) electrons. The summed E-state index contributed by atoms with van der Waals surface area (Å²) in [6, 6.07) is 0. The van der Waals surface area contributed by atoms with Crippen LogP contribution in [-0.2, 0) is 13.6 Å². The van der Waals surface area contributed by atoms with Crippen molar-refractivity contribution < 1.29 is 18.5 Å². The first-order chi connectivity index (χ1) is 7.91. The second kappa shape index (κ2) is 10.8. The smallest absolute Gasteiger partial charge is 0.302 e. The van der Waals surface area contributed by atoms with Gasteiger partial charge in [0.2, 0.25) is 0 Å². The van der Waals surface area contributed by atoms with E-state index < -0.39 is 7.82 Å². The summed E-state index contributed by atoms with van der Waals surface area (Å²) in [7, 11) is -3.90. The molecule has 2 unspecified atom stereocenters. The highest BCUT2D eigenvalue weighted by Gasteiger charge is 2.21. The lowest BCUT2D eigenvalue weighted by Gasteiger charge is -2.13. The third-order valence-electron chi connectivity index (χ3n) is 1.71. The van der Waals surface area contributed by atoms with Gasteiger partial charge in [0, 0.05) is 20.3 Å². The number of rotatable bonds is 10. The average molecular weight is 526 g/mol. The molecular weight excluding hydrogens is 511 g/mol. The molecule has 2 atom stereocenters. The Morgan fingerprint density at radius 2 is 1.35 bits per heavy atom. The Hall–Kier alpha value is 2.03. The van der Waals surface area contributed by atoms with Crippen molar-refractivity contribution in [1.82, 2.24) is 0 Å². The normalized spacial score (nSPS) is 18.6. The Morgan fingerprint density at radius 3 is 1.65 bits per heavy atom. The Bertz CT molecular complexity index is 224. The van der Waals surface area contributed by atoms with Crippen LogP contribution < -0.4 is 0 Å². The summed E-state index contributed by atoms with van der Waals surface area (Å²) in [4.78, 5) is 9.79. The van der Waals surface area contributed by atoms with E-state index in [0.717, 1.165) is 10.7 Å². The molecule has 0 amide bonds. The van der Waals surface area contributed by atoms with Gasteiger partial charge in [0.1, 0.15) is 0 Å². The van der Waals surface area contributed by atoms with E-state index in [2.05, 4.69) is 63.7 Å². The van der Waals surface area contributed by atoms with Crippen molar-refractivity contribution >= 4 is 71.5 Å². The van der Waals surface area contributed by atoms with Gasteiger partial charge in [-0.3, -0.25) is 9.05 Å². The fourth-order valence-corrected chi connectivity index (χ4v) is 2.55. The molecule has 1 N–H and O–H groups in total. The molecule has 0 saturated heterocycles. The van der Waals surface area contributed by atoms with E-state index in [-0.39, 0.29) is 22.9 Å². The molecule has 0 saturated carbocycles. The molecule has 0 heterocycles.